The summed E-state index contributed by atoms with van der Waals surface area (Å²) in [5.74, 6) is -3.46. The number of ketones is 2. The van der Waals surface area contributed by atoms with Gasteiger partial charge in [0.1, 0.15) is 22.9 Å². The monoisotopic (exact) mass is 1020 g/mol. The average molecular weight is 1030 g/mol. The molecule has 5 aromatic rings. The number of Topliss-reactive ketones (excluding diaryl/α,β-unsaturated/α-hetero) is 2. The molecule has 4 atom stereocenters. The van der Waals surface area contributed by atoms with Crippen LogP contribution in [-0.4, -0.2) is 61.5 Å². The number of halogens is 5. The van der Waals surface area contributed by atoms with Crippen molar-refractivity contribution in [3.8, 4) is 11.5 Å². The summed E-state index contributed by atoms with van der Waals surface area (Å²) in [6.45, 7) is 5.75. The molecule has 5 rings (SSSR count). The van der Waals surface area contributed by atoms with E-state index in [-0.39, 0.29) is 49.8 Å². The highest BCUT2D eigenvalue weighted by Gasteiger charge is 2.27. The Balaban J connectivity index is 1.28. The second kappa shape index (κ2) is 24.0. The number of methoxy groups -OCH3 is 2. The van der Waals surface area contributed by atoms with E-state index in [0.717, 1.165) is 13.8 Å². The number of azo groups is 2. The first-order valence-electron chi connectivity index (χ1n) is 20.3. The lowest BCUT2D eigenvalue weighted by atomic mass is 10.1. The third kappa shape index (κ3) is 12.8. The highest BCUT2D eigenvalue weighted by Crippen LogP contribution is 2.39. The minimum Gasteiger partial charge on any atom is -0.496 e. The predicted molar refractivity (Wildman–Crippen MR) is 265 cm³/mol. The smallest absolute Gasteiger partial charge is 0.258 e. The van der Waals surface area contributed by atoms with Crippen LogP contribution in [-0.2, 0) is 25.1 Å². The predicted octanol–water partition coefficient (Wildman–Crippen LogP) is 12.2. The topological polar surface area (TPSA) is 218 Å². The van der Waals surface area contributed by atoms with Crippen LogP contribution in [0.25, 0.3) is 0 Å². The largest absolute Gasteiger partial charge is 0.496 e. The maximum absolute atomic E-state index is 13.5. The summed E-state index contributed by atoms with van der Waals surface area (Å²) in [4.78, 5) is 79.0. The van der Waals surface area contributed by atoms with Crippen LogP contribution in [0.1, 0.15) is 75.9 Å². The van der Waals surface area contributed by atoms with Gasteiger partial charge in [-0.25, -0.2) is 0 Å². The van der Waals surface area contributed by atoms with Gasteiger partial charge in [-0.1, -0.05) is 47.5 Å². The molecule has 0 aliphatic heterocycles. The van der Waals surface area contributed by atoms with Gasteiger partial charge >= 0.3 is 0 Å². The minimum atomic E-state index is -1.65. The number of ether oxygens (including phenoxy) is 2. The molecule has 0 radical (unpaired) electrons. The molecule has 0 bridgehead atoms. The van der Waals surface area contributed by atoms with Gasteiger partial charge in [0.25, 0.3) is 23.6 Å². The van der Waals surface area contributed by atoms with Gasteiger partial charge in [0.2, 0.25) is 12.1 Å². The number of nitrogens with zero attached hydrogens (tertiary/aromatic N) is 4. The summed E-state index contributed by atoms with van der Waals surface area (Å²) in [5, 5.41) is 25.6. The fourth-order valence-electron chi connectivity index (χ4n) is 6.60. The average Bonchev–Trinajstić information content (AvgIpc) is 3.29. The van der Waals surface area contributed by atoms with Crippen molar-refractivity contribution in [1.29, 1.82) is 0 Å². The van der Waals surface area contributed by atoms with Crippen LogP contribution in [0.15, 0.2) is 111 Å². The zero-order valence-corrected chi connectivity index (χ0v) is 40.9. The molecular weight excluding hydrogens is 982 g/mol. The number of rotatable bonds is 19. The van der Waals surface area contributed by atoms with Crippen molar-refractivity contribution < 1.29 is 38.2 Å². The Bertz CT molecular complexity index is 2820. The maximum Gasteiger partial charge on any atom is 0.258 e. The van der Waals surface area contributed by atoms with E-state index < -0.39 is 58.0 Å². The van der Waals surface area contributed by atoms with Gasteiger partial charge < -0.3 is 30.7 Å². The van der Waals surface area contributed by atoms with E-state index in [0.29, 0.717) is 39.6 Å². The molecule has 4 N–H and O–H groups in total. The van der Waals surface area contributed by atoms with Crippen molar-refractivity contribution in [3.63, 3.8) is 0 Å². The number of anilines is 4. The standard InChI is InChI=1S/C47H43Cl5N8O8/c1-23(49)38-32(13-9-17-36(38)67-5)55-44(63)29-11-7-15-34(40(29)51)57-59-42(25(3)61)46(65)53-28-19-20-31(27(21-28)22-48)54-47(66)43(26(4)62)60-58-35-16-8-12-30(41(35)52)45(64)56-33-14-10-18-37(68-6)39(33)24(2)50/h7-21,23-24,42-43H,22H2,1-6H3,(H,53,65)(H,54,66)(H,55,63)(H,56,64). The van der Waals surface area contributed by atoms with Crippen LogP contribution >= 0.6 is 58.0 Å². The third-order valence-corrected chi connectivity index (χ3v) is 11.4. The van der Waals surface area contributed by atoms with Gasteiger partial charge in [-0.05, 0) is 100.0 Å². The fraction of sp³-hybridized carbons (Fsp3) is 0.234. The molecule has 4 unspecified atom stereocenters. The van der Waals surface area contributed by atoms with Gasteiger partial charge in [-0.15, -0.1) is 34.8 Å². The second-order valence-corrected chi connectivity index (χ2v) is 17.0. The van der Waals surface area contributed by atoms with Gasteiger partial charge in [0.15, 0.2) is 11.6 Å². The summed E-state index contributed by atoms with van der Waals surface area (Å²) in [5.41, 5.74) is 2.63. The highest BCUT2D eigenvalue weighted by molar-refractivity contribution is 6.37. The van der Waals surface area contributed by atoms with Crippen molar-refractivity contribution >= 4 is 127 Å². The summed E-state index contributed by atoms with van der Waals surface area (Å²) in [6, 6.07) is 19.9. The molecule has 16 nitrogen and oxygen atoms in total. The number of carbonyl (C=O) groups excluding carboxylic acids is 6. The van der Waals surface area contributed by atoms with Crippen LogP contribution in [0.2, 0.25) is 10.0 Å². The lowest BCUT2D eigenvalue weighted by Crippen LogP contribution is -2.32. The van der Waals surface area contributed by atoms with E-state index in [2.05, 4.69) is 41.7 Å². The minimum absolute atomic E-state index is 0.000576. The molecule has 0 spiro atoms. The summed E-state index contributed by atoms with van der Waals surface area (Å²) >= 11 is 32.2. The summed E-state index contributed by atoms with van der Waals surface area (Å²) in [7, 11) is 2.97. The van der Waals surface area contributed by atoms with Crippen LogP contribution in [0.5, 0.6) is 11.5 Å². The van der Waals surface area contributed by atoms with E-state index in [1.807, 2.05) is 0 Å². The first kappa shape index (κ1) is 52.5. The zero-order valence-electron chi connectivity index (χ0n) is 37.1. The van der Waals surface area contributed by atoms with Crippen molar-refractivity contribution in [2.75, 3.05) is 35.5 Å². The van der Waals surface area contributed by atoms with E-state index >= 15 is 0 Å². The van der Waals surface area contributed by atoms with Crippen molar-refractivity contribution in [2.45, 2.75) is 56.4 Å². The molecule has 0 aliphatic carbocycles. The first-order chi connectivity index (χ1) is 32.4. The number of nitrogens with one attached hydrogen (secondary N) is 4. The molecule has 0 aliphatic rings. The maximum atomic E-state index is 13.5. The lowest BCUT2D eigenvalue weighted by Gasteiger charge is -2.17. The number of amides is 4. The first-order valence-corrected chi connectivity index (χ1v) is 22.5. The normalized spacial score (nSPS) is 13.0. The van der Waals surface area contributed by atoms with Gasteiger partial charge in [0.05, 0.1) is 46.1 Å². The van der Waals surface area contributed by atoms with E-state index in [9.17, 15) is 28.8 Å². The summed E-state index contributed by atoms with van der Waals surface area (Å²) in [6.07, 6.45) is 0. The number of alkyl halides is 3. The van der Waals surface area contributed by atoms with Crippen molar-refractivity contribution in [2.24, 2.45) is 20.5 Å². The van der Waals surface area contributed by atoms with Crippen LogP contribution in [0.4, 0.5) is 34.1 Å². The molecule has 0 fully saturated rings. The number of benzene rings is 5. The SMILES string of the molecule is COc1cccc(NC(=O)c2cccc(N=NC(C(C)=O)C(=O)Nc3ccc(NC(=O)C(N=Nc4cccc(C(=O)Nc5cccc(OC)c5C(C)Cl)c4Cl)C(C)=O)c(CCl)c3)c2Cl)c1C(C)Cl. The molecule has 0 heterocycles. The Morgan fingerprint density at radius 3 is 1.40 bits per heavy atom. The molecule has 0 aromatic heterocycles. The van der Waals surface area contributed by atoms with Crippen LogP contribution in [0, 0.1) is 0 Å². The number of hydrogen-bond acceptors (Lipinski definition) is 12. The number of carbonyl (C=O) groups is 6. The Morgan fingerprint density at radius 2 is 1.00 bits per heavy atom. The molecule has 21 heteroatoms. The highest BCUT2D eigenvalue weighted by atomic mass is 35.5. The van der Waals surface area contributed by atoms with E-state index in [1.54, 1.807) is 50.2 Å². The Hall–Kier alpha value is -6.43. The molecule has 0 saturated heterocycles. The van der Waals surface area contributed by atoms with Crippen molar-refractivity contribution in [1.82, 2.24) is 0 Å². The van der Waals surface area contributed by atoms with Crippen LogP contribution in [0.3, 0.4) is 0 Å². The molecule has 4 amide bonds. The fourth-order valence-corrected chi connectivity index (χ4v) is 7.77. The van der Waals surface area contributed by atoms with Gasteiger partial charge in [-0.3, -0.25) is 28.8 Å². The second-order valence-electron chi connectivity index (χ2n) is 14.7. The molecule has 5 aromatic carbocycles. The quantitative estimate of drug-likeness (QED) is 0.0353. The Morgan fingerprint density at radius 1 is 0.574 bits per heavy atom. The molecular formula is C47H43Cl5N8O8. The van der Waals surface area contributed by atoms with Gasteiger partial charge in [0, 0.05) is 39.8 Å². The molecule has 354 valence electrons. The van der Waals surface area contributed by atoms with E-state index in [4.69, 9.17) is 67.5 Å². The van der Waals surface area contributed by atoms with Crippen molar-refractivity contribution in [3.05, 3.63) is 129 Å². The molecule has 68 heavy (non-hydrogen) atoms. The lowest BCUT2D eigenvalue weighted by molar-refractivity contribution is -0.127. The third-order valence-electron chi connectivity index (χ3n) is 9.91. The molecule has 0 saturated carbocycles. The van der Waals surface area contributed by atoms with Gasteiger partial charge in [-0.2, -0.15) is 20.5 Å². The Labute approximate surface area is 416 Å². The van der Waals surface area contributed by atoms with E-state index in [1.165, 1.54) is 68.8 Å². The number of hydrogen-bond donors (Lipinski definition) is 4. The van der Waals surface area contributed by atoms with Crippen LogP contribution < -0.4 is 30.7 Å². The summed E-state index contributed by atoms with van der Waals surface area (Å²) < 4.78 is 10.8. The Kier molecular flexibility index (Phi) is 18.6. The zero-order chi connectivity index (χ0) is 49.8.